The van der Waals surface area contributed by atoms with Gasteiger partial charge in [0.25, 0.3) is 0 Å². The first-order chi connectivity index (χ1) is 10.1. The largest absolute Gasteiger partial charge is 0.482 e. The number of hydrogen-bond acceptors (Lipinski definition) is 5. The van der Waals surface area contributed by atoms with Gasteiger partial charge in [-0.15, -0.1) is 0 Å². The van der Waals surface area contributed by atoms with Gasteiger partial charge < -0.3 is 15.0 Å². The van der Waals surface area contributed by atoms with Gasteiger partial charge in [-0.25, -0.2) is 4.39 Å². The standard InChI is InChI=1S/C15H20FN3O2/c1-3-5-14-18-13(19-21-14)9-20-15-11(8-10(2)17)6-4-7-12(15)16/h4,6-7,10H,3,5,8-9,17H2,1-2H3. The van der Waals surface area contributed by atoms with Crippen molar-refractivity contribution in [3.8, 4) is 5.75 Å². The number of ether oxygens (including phenoxy) is 1. The Kier molecular flexibility index (Phi) is 5.27. The number of nitrogens with two attached hydrogens (primary N) is 1. The lowest BCUT2D eigenvalue weighted by atomic mass is 10.1. The van der Waals surface area contributed by atoms with Crippen LogP contribution in [0.2, 0.25) is 0 Å². The average Bonchev–Trinajstić information content (AvgIpc) is 2.86. The summed E-state index contributed by atoms with van der Waals surface area (Å²) in [6, 6.07) is 4.74. The lowest BCUT2D eigenvalue weighted by Crippen LogP contribution is -2.18. The van der Waals surface area contributed by atoms with Crippen LogP contribution in [-0.4, -0.2) is 16.2 Å². The highest BCUT2D eigenvalue weighted by Gasteiger charge is 2.13. The Balaban J connectivity index is 2.07. The third-order valence-corrected chi connectivity index (χ3v) is 2.91. The lowest BCUT2D eigenvalue weighted by molar-refractivity contribution is 0.269. The molecule has 2 aromatic rings. The first-order valence-corrected chi connectivity index (χ1v) is 7.07. The number of para-hydroxylation sites is 1. The van der Waals surface area contributed by atoms with Crippen LogP contribution in [0.15, 0.2) is 22.7 Å². The summed E-state index contributed by atoms with van der Waals surface area (Å²) in [5.74, 6) is 0.774. The second-order valence-corrected chi connectivity index (χ2v) is 5.05. The molecule has 2 N–H and O–H groups in total. The van der Waals surface area contributed by atoms with E-state index in [9.17, 15) is 4.39 Å². The number of aryl methyl sites for hydroxylation is 1. The van der Waals surface area contributed by atoms with Crippen LogP contribution in [0, 0.1) is 5.82 Å². The minimum atomic E-state index is -0.412. The normalized spacial score (nSPS) is 12.4. The average molecular weight is 293 g/mol. The monoisotopic (exact) mass is 293 g/mol. The predicted octanol–water partition coefficient (Wildman–Crippen LogP) is 2.63. The van der Waals surface area contributed by atoms with Crippen molar-refractivity contribution in [1.29, 1.82) is 0 Å². The van der Waals surface area contributed by atoms with Gasteiger partial charge in [-0.3, -0.25) is 0 Å². The summed E-state index contributed by atoms with van der Waals surface area (Å²) in [5, 5.41) is 3.81. The Labute approximate surface area is 123 Å². The van der Waals surface area contributed by atoms with Crippen LogP contribution in [0.4, 0.5) is 4.39 Å². The van der Waals surface area contributed by atoms with Gasteiger partial charge in [0.15, 0.2) is 18.2 Å². The lowest BCUT2D eigenvalue weighted by Gasteiger charge is -2.12. The van der Waals surface area contributed by atoms with Gasteiger partial charge in [0.05, 0.1) is 0 Å². The third-order valence-electron chi connectivity index (χ3n) is 2.91. The van der Waals surface area contributed by atoms with Gasteiger partial charge >= 0.3 is 0 Å². The molecular weight excluding hydrogens is 273 g/mol. The molecule has 1 heterocycles. The molecule has 0 amide bonds. The maximum absolute atomic E-state index is 13.9. The fraction of sp³-hybridized carbons (Fsp3) is 0.467. The molecule has 114 valence electrons. The quantitative estimate of drug-likeness (QED) is 0.849. The van der Waals surface area contributed by atoms with Crippen LogP contribution in [-0.2, 0) is 19.4 Å². The van der Waals surface area contributed by atoms with Crippen molar-refractivity contribution in [2.75, 3.05) is 0 Å². The van der Waals surface area contributed by atoms with Gasteiger partial charge in [-0.05, 0) is 31.4 Å². The van der Waals surface area contributed by atoms with Crippen molar-refractivity contribution in [3.63, 3.8) is 0 Å². The molecule has 6 heteroatoms. The van der Waals surface area contributed by atoms with Crippen molar-refractivity contribution in [3.05, 3.63) is 41.3 Å². The summed E-state index contributed by atoms with van der Waals surface area (Å²) >= 11 is 0. The van der Waals surface area contributed by atoms with Crippen molar-refractivity contribution >= 4 is 0 Å². The van der Waals surface area contributed by atoms with Crippen molar-refractivity contribution in [2.45, 2.75) is 45.8 Å². The molecule has 1 aromatic carbocycles. The van der Waals surface area contributed by atoms with Gasteiger partial charge in [-0.2, -0.15) is 4.98 Å². The van der Waals surface area contributed by atoms with Crippen LogP contribution in [0.1, 0.15) is 37.5 Å². The molecule has 0 saturated carbocycles. The van der Waals surface area contributed by atoms with Crippen LogP contribution in [0.5, 0.6) is 5.75 Å². The van der Waals surface area contributed by atoms with Gasteiger partial charge in [0.2, 0.25) is 11.7 Å². The van der Waals surface area contributed by atoms with E-state index in [0.717, 1.165) is 18.4 Å². The minimum absolute atomic E-state index is 0.0695. The van der Waals surface area contributed by atoms with E-state index >= 15 is 0 Å². The summed E-state index contributed by atoms with van der Waals surface area (Å²) in [6.07, 6.45) is 2.19. The number of rotatable bonds is 7. The second-order valence-electron chi connectivity index (χ2n) is 5.05. The minimum Gasteiger partial charge on any atom is -0.482 e. The van der Waals surface area contributed by atoms with Crippen LogP contribution in [0.3, 0.4) is 0 Å². The van der Waals surface area contributed by atoms with E-state index in [0.29, 0.717) is 18.1 Å². The molecule has 0 fully saturated rings. The highest BCUT2D eigenvalue weighted by Crippen LogP contribution is 2.24. The number of halogens is 1. The third kappa shape index (κ3) is 4.26. The highest BCUT2D eigenvalue weighted by atomic mass is 19.1. The Morgan fingerprint density at radius 2 is 2.24 bits per heavy atom. The molecule has 0 radical (unpaired) electrons. The van der Waals surface area contributed by atoms with Crippen LogP contribution in [0.25, 0.3) is 0 Å². The molecule has 0 aliphatic heterocycles. The number of nitrogens with zero attached hydrogens (tertiary/aromatic N) is 2. The summed E-state index contributed by atoms with van der Waals surface area (Å²) in [4.78, 5) is 4.19. The van der Waals surface area contributed by atoms with E-state index < -0.39 is 5.82 Å². The smallest absolute Gasteiger partial charge is 0.226 e. The van der Waals surface area contributed by atoms with Crippen LogP contribution >= 0.6 is 0 Å². The van der Waals surface area contributed by atoms with Gasteiger partial charge in [-0.1, -0.05) is 24.2 Å². The van der Waals surface area contributed by atoms with E-state index in [4.69, 9.17) is 15.0 Å². The fourth-order valence-electron chi connectivity index (χ4n) is 2.02. The number of hydrogen-bond donors (Lipinski definition) is 1. The molecule has 1 unspecified atom stereocenters. The zero-order chi connectivity index (χ0) is 15.2. The molecule has 0 spiro atoms. The van der Waals surface area contributed by atoms with E-state index in [1.54, 1.807) is 12.1 Å². The molecule has 2 rings (SSSR count). The van der Waals surface area contributed by atoms with Crippen molar-refractivity contribution in [1.82, 2.24) is 10.1 Å². The van der Waals surface area contributed by atoms with Crippen LogP contribution < -0.4 is 10.5 Å². The molecule has 21 heavy (non-hydrogen) atoms. The molecule has 0 aliphatic carbocycles. The Morgan fingerprint density at radius 1 is 1.43 bits per heavy atom. The predicted molar refractivity (Wildman–Crippen MR) is 76.4 cm³/mol. The Morgan fingerprint density at radius 3 is 2.95 bits per heavy atom. The topological polar surface area (TPSA) is 74.2 Å². The zero-order valence-electron chi connectivity index (χ0n) is 12.3. The Bertz CT molecular complexity index is 584. The number of benzene rings is 1. The molecule has 0 aliphatic rings. The molecular formula is C15H20FN3O2. The SMILES string of the molecule is CCCc1nc(COc2c(F)cccc2CC(C)N)no1. The van der Waals surface area contributed by atoms with E-state index in [1.165, 1.54) is 6.07 Å². The number of aromatic nitrogens is 2. The summed E-state index contributed by atoms with van der Waals surface area (Å²) in [6.45, 7) is 3.96. The summed E-state index contributed by atoms with van der Waals surface area (Å²) in [7, 11) is 0. The zero-order valence-corrected chi connectivity index (χ0v) is 12.3. The van der Waals surface area contributed by atoms with Gasteiger partial charge in [0, 0.05) is 12.5 Å². The maximum atomic E-state index is 13.9. The van der Waals surface area contributed by atoms with E-state index in [-0.39, 0.29) is 18.4 Å². The second kappa shape index (κ2) is 7.17. The van der Waals surface area contributed by atoms with Crippen molar-refractivity contribution < 1.29 is 13.7 Å². The van der Waals surface area contributed by atoms with Gasteiger partial charge in [0.1, 0.15) is 0 Å². The molecule has 5 nitrogen and oxygen atoms in total. The fourth-order valence-corrected chi connectivity index (χ4v) is 2.02. The molecule has 1 atom stereocenters. The molecule has 1 aromatic heterocycles. The Hall–Kier alpha value is -1.95. The van der Waals surface area contributed by atoms with E-state index in [2.05, 4.69) is 10.1 Å². The first kappa shape index (κ1) is 15.4. The first-order valence-electron chi connectivity index (χ1n) is 7.07. The maximum Gasteiger partial charge on any atom is 0.226 e. The van der Waals surface area contributed by atoms with E-state index in [1.807, 2.05) is 13.8 Å². The molecule has 0 saturated heterocycles. The summed E-state index contributed by atoms with van der Waals surface area (Å²) in [5.41, 5.74) is 6.51. The molecule has 0 bridgehead atoms. The van der Waals surface area contributed by atoms with Crippen molar-refractivity contribution in [2.24, 2.45) is 5.73 Å². The summed E-state index contributed by atoms with van der Waals surface area (Å²) < 4.78 is 24.5. The highest BCUT2D eigenvalue weighted by molar-refractivity contribution is 5.35.